The Kier molecular flexibility index (Phi) is 9.75. The van der Waals surface area contributed by atoms with Gasteiger partial charge in [-0.15, -0.1) is 0 Å². The number of benzene rings is 1. The van der Waals surface area contributed by atoms with Gasteiger partial charge in [0.2, 0.25) is 5.91 Å². The molecule has 0 bridgehead atoms. The standard InChI is InChI=1S/C24H31Cl2F3N4O/c25-20-16-21(26)22(15-19(20)24(27,28)29)33-13-11-32(12-14-33)10-8-17-4-6-18(7-5-17)31-23(34)3-1-2-9-30/h15-18H,1-8,10-14H2,(H,31,34)/t17-,18-. The zero-order valence-corrected chi connectivity index (χ0v) is 20.7. The SMILES string of the molecule is N#CCCCC(=O)N[C@H]1CC[C@H](CCN2CCN(c3cc(C(F)(F)F)c(Cl)cc3Cl)CC2)CC1. The fourth-order valence-corrected chi connectivity index (χ4v) is 5.41. The van der Waals surface area contributed by atoms with Crippen LogP contribution in [0.25, 0.3) is 0 Å². The Balaban J connectivity index is 1.39. The van der Waals surface area contributed by atoms with Crippen LogP contribution < -0.4 is 10.2 Å². The van der Waals surface area contributed by atoms with Gasteiger partial charge in [-0.25, -0.2) is 0 Å². The molecular formula is C24H31Cl2F3N4O. The largest absolute Gasteiger partial charge is 0.417 e. The van der Waals surface area contributed by atoms with Crippen molar-refractivity contribution in [3.05, 3.63) is 27.7 Å². The maximum atomic E-state index is 13.2. The van der Waals surface area contributed by atoms with Gasteiger partial charge in [0.25, 0.3) is 0 Å². The van der Waals surface area contributed by atoms with Gasteiger partial charge in [-0.1, -0.05) is 23.2 Å². The number of nitrogens with zero attached hydrogens (tertiary/aromatic N) is 3. The molecular weight excluding hydrogens is 488 g/mol. The van der Waals surface area contributed by atoms with Crippen molar-refractivity contribution in [2.75, 3.05) is 37.6 Å². The fraction of sp³-hybridized carbons (Fsp3) is 0.667. The molecule has 34 heavy (non-hydrogen) atoms. The van der Waals surface area contributed by atoms with Crippen LogP contribution in [0.15, 0.2) is 12.1 Å². The molecule has 2 fully saturated rings. The predicted molar refractivity (Wildman–Crippen MR) is 128 cm³/mol. The van der Waals surface area contributed by atoms with Crippen LogP contribution in [0.5, 0.6) is 0 Å². The van der Waals surface area contributed by atoms with Crippen LogP contribution in [0, 0.1) is 17.2 Å². The van der Waals surface area contributed by atoms with E-state index in [2.05, 4.69) is 16.3 Å². The average molecular weight is 519 g/mol. The lowest BCUT2D eigenvalue weighted by molar-refractivity contribution is -0.137. The minimum atomic E-state index is -4.52. The smallest absolute Gasteiger partial charge is 0.368 e. The van der Waals surface area contributed by atoms with Crippen LogP contribution in [0.2, 0.25) is 10.0 Å². The van der Waals surface area contributed by atoms with E-state index in [4.69, 9.17) is 28.5 Å². The van der Waals surface area contributed by atoms with Gasteiger partial charge in [0.1, 0.15) is 0 Å². The quantitative estimate of drug-likeness (QED) is 0.435. The molecule has 188 valence electrons. The molecule has 0 atom stereocenters. The number of anilines is 1. The molecule has 3 rings (SSSR count). The Labute approximate surface area is 209 Å². The number of nitriles is 1. The van der Waals surface area contributed by atoms with Crippen molar-refractivity contribution in [1.82, 2.24) is 10.2 Å². The van der Waals surface area contributed by atoms with Gasteiger partial charge in [0.15, 0.2) is 0 Å². The number of piperazine rings is 1. The first-order chi connectivity index (χ1) is 16.2. The molecule has 1 aromatic carbocycles. The van der Waals surface area contributed by atoms with Gasteiger partial charge in [-0.3, -0.25) is 9.69 Å². The summed E-state index contributed by atoms with van der Waals surface area (Å²) >= 11 is 12.0. The number of carbonyl (C=O) groups is 1. The Hall–Kier alpha value is -1.69. The number of amides is 1. The third kappa shape index (κ3) is 7.66. The first-order valence-electron chi connectivity index (χ1n) is 11.9. The second-order valence-corrected chi connectivity index (χ2v) is 10.0. The van der Waals surface area contributed by atoms with E-state index in [0.29, 0.717) is 44.0 Å². The number of hydrogen-bond donors (Lipinski definition) is 1. The highest BCUT2D eigenvalue weighted by Gasteiger charge is 2.35. The third-order valence-corrected chi connectivity index (χ3v) is 7.43. The number of halogens is 5. The van der Waals surface area contributed by atoms with Crippen molar-refractivity contribution in [3.63, 3.8) is 0 Å². The summed E-state index contributed by atoms with van der Waals surface area (Å²) in [5.41, 5.74) is -0.476. The van der Waals surface area contributed by atoms with Crippen LogP contribution in [0.1, 0.15) is 56.9 Å². The Morgan fingerprint density at radius 3 is 2.38 bits per heavy atom. The van der Waals surface area contributed by atoms with Crippen LogP contribution in [-0.4, -0.2) is 49.6 Å². The van der Waals surface area contributed by atoms with Crippen LogP contribution in [0.4, 0.5) is 18.9 Å². The van der Waals surface area contributed by atoms with E-state index in [0.717, 1.165) is 57.8 Å². The molecule has 0 unspecified atom stereocenters. The van der Waals surface area contributed by atoms with Gasteiger partial charge in [-0.05, 0) is 63.1 Å². The zero-order valence-electron chi connectivity index (χ0n) is 19.1. The molecule has 1 N–H and O–H groups in total. The summed E-state index contributed by atoms with van der Waals surface area (Å²) in [5.74, 6) is 0.671. The van der Waals surface area contributed by atoms with Crippen LogP contribution >= 0.6 is 23.2 Å². The zero-order chi connectivity index (χ0) is 24.7. The Morgan fingerprint density at radius 2 is 1.76 bits per heavy atom. The predicted octanol–water partition coefficient (Wildman–Crippen LogP) is 5.89. The molecule has 0 radical (unpaired) electrons. The Bertz CT molecular complexity index is 874. The van der Waals surface area contributed by atoms with E-state index in [9.17, 15) is 18.0 Å². The van der Waals surface area contributed by atoms with Gasteiger partial charge in [0, 0.05) is 45.1 Å². The molecule has 1 aliphatic heterocycles. The number of hydrogen-bond acceptors (Lipinski definition) is 4. The minimum absolute atomic E-state index is 0.0414. The maximum Gasteiger partial charge on any atom is 0.417 e. The molecule has 2 aliphatic rings. The molecule has 5 nitrogen and oxygen atoms in total. The lowest BCUT2D eigenvalue weighted by Gasteiger charge is -2.38. The molecule has 1 heterocycles. The maximum absolute atomic E-state index is 13.2. The normalized spacial score (nSPS) is 21.8. The number of rotatable bonds is 8. The molecule has 10 heteroatoms. The first kappa shape index (κ1) is 26.9. The van der Waals surface area contributed by atoms with Crippen LogP contribution in [0.3, 0.4) is 0 Å². The first-order valence-corrected chi connectivity index (χ1v) is 12.6. The molecule has 1 saturated carbocycles. The summed E-state index contributed by atoms with van der Waals surface area (Å²) in [5, 5.41) is 11.5. The monoisotopic (exact) mass is 518 g/mol. The van der Waals surface area contributed by atoms with Crippen molar-refractivity contribution in [2.24, 2.45) is 5.92 Å². The van der Waals surface area contributed by atoms with E-state index in [-0.39, 0.29) is 22.0 Å². The number of nitrogens with one attached hydrogen (secondary N) is 1. The van der Waals surface area contributed by atoms with E-state index >= 15 is 0 Å². The lowest BCUT2D eigenvalue weighted by Crippen LogP contribution is -2.47. The van der Waals surface area contributed by atoms with Gasteiger partial charge in [-0.2, -0.15) is 18.4 Å². The van der Waals surface area contributed by atoms with Crippen molar-refractivity contribution in [2.45, 2.75) is 63.6 Å². The van der Waals surface area contributed by atoms with Crippen molar-refractivity contribution >= 4 is 34.8 Å². The molecule has 1 saturated heterocycles. The number of carbonyl (C=O) groups excluding carboxylic acids is 1. The molecule has 1 amide bonds. The second kappa shape index (κ2) is 12.3. The average Bonchev–Trinajstić information content (AvgIpc) is 2.78. The number of unbranched alkanes of at least 4 members (excludes halogenated alkanes) is 1. The summed E-state index contributed by atoms with van der Waals surface area (Å²) < 4.78 is 39.7. The molecule has 1 aromatic rings. The highest BCUT2D eigenvalue weighted by molar-refractivity contribution is 6.36. The van der Waals surface area contributed by atoms with Crippen LogP contribution in [-0.2, 0) is 11.0 Å². The van der Waals surface area contributed by atoms with Gasteiger partial charge < -0.3 is 10.2 Å². The van der Waals surface area contributed by atoms with Crippen molar-refractivity contribution in [3.8, 4) is 6.07 Å². The summed E-state index contributed by atoms with van der Waals surface area (Å²) in [4.78, 5) is 16.2. The number of alkyl halides is 3. The lowest BCUT2D eigenvalue weighted by atomic mass is 9.84. The van der Waals surface area contributed by atoms with E-state index in [1.807, 2.05) is 4.90 Å². The highest BCUT2D eigenvalue weighted by Crippen LogP contribution is 2.40. The summed E-state index contributed by atoms with van der Waals surface area (Å²) in [6, 6.07) is 4.53. The summed E-state index contributed by atoms with van der Waals surface area (Å²) in [6.45, 7) is 3.74. The second-order valence-electron chi connectivity index (χ2n) is 9.20. The summed E-state index contributed by atoms with van der Waals surface area (Å²) in [6.07, 6.45) is 2.15. The fourth-order valence-electron chi connectivity index (χ4n) is 4.80. The van der Waals surface area contributed by atoms with Gasteiger partial charge >= 0.3 is 6.18 Å². The Morgan fingerprint density at radius 1 is 1.09 bits per heavy atom. The molecule has 1 aliphatic carbocycles. The van der Waals surface area contributed by atoms with E-state index < -0.39 is 11.7 Å². The van der Waals surface area contributed by atoms with Crippen molar-refractivity contribution < 1.29 is 18.0 Å². The third-order valence-electron chi connectivity index (χ3n) is 6.81. The van der Waals surface area contributed by atoms with Crippen molar-refractivity contribution in [1.29, 1.82) is 5.26 Å². The van der Waals surface area contributed by atoms with E-state index in [1.54, 1.807) is 0 Å². The minimum Gasteiger partial charge on any atom is -0.368 e. The summed E-state index contributed by atoms with van der Waals surface area (Å²) in [7, 11) is 0. The van der Waals surface area contributed by atoms with E-state index in [1.165, 1.54) is 6.07 Å². The molecule has 0 aromatic heterocycles. The molecule has 0 spiro atoms. The van der Waals surface area contributed by atoms with Gasteiger partial charge in [0.05, 0.1) is 27.4 Å². The topological polar surface area (TPSA) is 59.4 Å². The highest BCUT2D eigenvalue weighted by atomic mass is 35.5.